The van der Waals surface area contributed by atoms with E-state index in [0.29, 0.717) is 0 Å². The van der Waals surface area contributed by atoms with Crippen molar-refractivity contribution >= 4 is 0 Å². The molecule has 0 fully saturated rings. The Morgan fingerprint density at radius 3 is 2.67 bits per heavy atom. The molecule has 0 saturated carbocycles. The maximum absolute atomic E-state index is 9.24. The molecule has 0 aromatic rings. The molecule has 0 spiro atoms. The number of aliphatic hydroxyl groups excluding tert-OH is 1. The Bertz CT molecular complexity index is 147. The molecule has 1 aliphatic carbocycles. The molecule has 2 unspecified atom stereocenters. The average molecular weight is 124 g/mol. The minimum atomic E-state index is -0.206. The van der Waals surface area contributed by atoms with Gasteiger partial charge < -0.3 is 5.11 Å². The molecule has 0 bridgehead atoms. The Morgan fingerprint density at radius 1 is 1.78 bits per heavy atom. The standard InChI is InChI=1S/C8H12O/c1-6(2)7-4-3-5-8(7)9/h3-4,7-9H,1,5H2,2H3. The fourth-order valence-electron chi connectivity index (χ4n) is 1.13. The van der Waals surface area contributed by atoms with Crippen LogP contribution in [0.4, 0.5) is 0 Å². The van der Waals surface area contributed by atoms with Crippen molar-refractivity contribution in [1.29, 1.82) is 0 Å². The Morgan fingerprint density at radius 2 is 2.44 bits per heavy atom. The van der Waals surface area contributed by atoms with Gasteiger partial charge in [0, 0.05) is 5.92 Å². The second kappa shape index (κ2) is 2.36. The number of hydrogen-bond donors (Lipinski definition) is 1. The highest BCUT2D eigenvalue weighted by molar-refractivity contribution is 5.15. The van der Waals surface area contributed by atoms with E-state index in [1.54, 1.807) is 0 Å². The molecule has 1 rings (SSSR count). The average Bonchev–Trinajstić information content (AvgIpc) is 2.13. The van der Waals surface area contributed by atoms with Gasteiger partial charge in [-0.25, -0.2) is 0 Å². The third-order valence-corrected chi connectivity index (χ3v) is 1.70. The number of hydrogen-bond acceptors (Lipinski definition) is 1. The smallest absolute Gasteiger partial charge is 0.0674 e. The van der Waals surface area contributed by atoms with Crippen molar-refractivity contribution in [2.24, 2.45) is 5.92 Å². The third kappa shape index (κ3) is 1.22. The van der Waals surface area contributed by atoms with Crippen molar-refractivity contribution in [3.63, 3.8) is 0 Å². The van der Waals surface area contributed by atoms with Gasteiger partial charge >= 0.3 is 0 Å². The summed E-state index contributed by atoms with van der Waals surface area (Å²) >= 11 is 0. The molecule has 0 radical (unpaired) electrons. The third-order valence-electron chi connectivity index (χ3n) is 1.70. The zero-order chi connectivity index (χ0) is 6.85. The van der Waals surface area contributed by atoms with Crippen molar-refractivity contribution in [2.45, 2.75) is 19.4 Å². The summed E-state index contributed by atoms with van der Waals surface area (Å²) < 4.78 is 0. The summed E-state index contributed by atoms with van der Waals surface area (Å²) in [6.07, 6.45) is 4.61. The molecule has 1 N–H and O–H groups in total. The molecule has 0 saturated heterocycles. The highest BCUT2D eigenvalue weighted by Crippen LogP contribution is 2.23. The van der Waals surface area contributed by atoms with E-state index in [4.69, 9.17) is 0 Å². The van der Waals surface area contributed by atoms with Crippen LogP contribution in [-0.4, -0.2) is 11.2 Å². The number of rotatable bonds is 1. The van der Waals surface area contributed by atoms with Crippen molar-refractivity contribution in [3.8, 4) is 0 Å². The fraction of sp³-hybridized carbons (Fsp3) is 0.500. The zero-order valence-electron chi connectivity index (χ0n) is 5.67. The summed E-state index contributed by atoms with van der Waals surface area (Å²) in [5.41, 5.74) is 1.05. The molecule has 9 heavy (non-hydrogen) atoms. The maximum Gasteiger partial charge on any atom is 0.0674 e. The molecule has 0 amide bonds. The van der Waals surface area contributed by atoms with Gasteiger partial charge in [-0.05, 0) is 13.3 Å². The Hall–Kier alpha value is -0.560. The molecular weight excluding hydrogens is 112 g/mol. The minimum absolute atomic E-state index is 0.206. The van der Waals surface area contributed by atoms with Crippen LogP contribution in [-0.2, 0) is 0 Å². The summed E-state index contributed by atoms with van der Waals surface area (Å²) in [7, 11) is 0. The first-order valence-electron chi connectivity index (χ1n) is 3.22. The minimum Gasteiger partial charge on any atom is -0.392 e. The Balaban J connectivity index is 2.59. The maximum atomic E-state index is 9.24. The molecule has 1 nitrogen and oxygen atoms in total. The highest BCUT2D eigenvalue weighted by atomic mass is 16.3. The molecule has 2 atom stereocenters. The topological polar surface area (TPSA) is 20.2 Å². The van der Waals surface area contributed by atoms with Crippen LogP contribution >= 0.6 is 0 Å². The molecule has 1 aliphatic rings. The van der Waals surface area contributed by atoms with E-state index >= 15 is 0 Å². The fourth-order valence-corrected chi connectivity index (χ4v) is 1.13. The van der Waals surface area contributed by atoms with Crippen LogP contribution in [0.15, 0.2) is 24.3 Å². The molecule has 0 heterocycles. The van der Waals surface area contributed by atoms with E-state index in [1.165, 1.54) is 0 Å². The van der Waals surface area contributed by atoms with Crippen LogP contribution in [0.25, 0.3) is 0 Å². The Labute approximate surface area is 55.7 Å². The van der Waals surface area contributed by atoms with Gasteiger partial charge in [-0.2, -0.15) is 0 Å². The first-order chi connectivity index (χ1) is 4.22. The van der Waals surface area contributed by atoms with Gasteiger partial charge in [-0.1, -0.05) is 24.3 Å². The van der Waals surface area contributed by atoms with Crippen molar-refractivity contribution in [3.05, 3.63) is 24.3 Å². The van der Waals surface area contributed by atoms with E-state index in [1.807, 2.05) is 19.1 Å². The van der Waals surface area contributed by atoms with Gasteiger partial charge in [0.05, 0.1) is 6.10 Å². The van der Waals surface area contributed by atoms with Crippen LogP contribution in [0, 0.1) is 5.92 Å². The Kier molecular flexibility index (Phi) is 1.72. The van der Waals surface area contributed by atoms with Crippen molar-refractivity contribution < 1.29 is 5.11 Å². The van der Waals surface area contributed by atoms with Crippen LogP contribution in [0.1, 0.15) is 13.3 Å². The highest BCUT2D eigenvalue weighted by Gasteiger charge is 2.19. The normalized spacial score (nSPS) is 33.1. The van der Waals surface area contributed by atoms with Crippen molar-refractivity contribution in [1.82, 2.24) is 0 Å². The lowest BCUT2D eigenvalue weighted by Crippen LogP contribution is -2.13. The molecule has 0 aliphatic heterocycles. The molecular formula is C8H12O. The summed E-state index contributed by atoms with van der Waals surface area (Å²) in [6.45, 7) is 5.72. The lowest BCUT2D eigenvalue weighted by atomic mass is 9.99. The number of aliphatic hydroxyl groups is 1. The van der Waals surface area contributed by atoms with Gasteiger partial charge in [0.25, 0.3) is 0 Å². The van der Waals surface area contributed by atoms with Gasteiger partial charge in [-0.3, -0.25) is 0 Å². The predicted molar refractivity (Wildman–Crippen MR) is 38.1 cm³/mol. The van der Waals surface area contributed by atoms with Gasteiger partial charge in [0.15, 0.2) is 0 Å². The quantitative estimate of drug-likeness (QED) is 0.525. The molecule has 1 heteroatoms. The predicted octanol–water partition coefficient (Wildman–Crippen LogP) is 1.50. The molecule has 0 aromatic carbocycles. The van der Waals surface area contributed by atoms with E-state index in [-0.39, 0.29) is 12.0 Å². The van der Waals surface area contributed by atoms with Crippen LogP contribution in [0.2, 0.25) is 0 Å². The van der Waals surface area contributed by atoms with Crippen LogP contribution in [0.3, 0.4) is 0 Å². The lowest BCUT2D eigenvalue weighted by Gasteiger charge is -2.12. The monoisotopic (exact) mass is 124 g/mol. The first kappa shape index (κ1) is 6.56. The van der Waals surface area contributed by atoms with E-state index in [0.717, 1.165) is 12.0 Å². The van der Waals surface area contributed by atoms with Crippen LogP contribution in [0.5, 0.6) is 0 Å². The first-order valence-corrected chi connectivity index (χ1v) is 3.22. The van der Waals surface area contributed by atoms with Gasteiger partial charge in [0.2, 0.25) is 0 Å². The van der Waals surface area contributed by atoms with E-state index < -0.39 is 0 Å². The second-order valence-electron chi connectivity index (χ2n) is 2.60. The molecule has 0 aromatic heterocycles. The van der Waals surface area contributed by atoms with Gasteiger partial charge in [0.1, 0.15) is 0 Å². The SMILES string of the molecule is C=C(C)C1C=CCC1O. The zero-order valence-corrected chi connectivity index (χ0v) is 5.67. The van der Waals surface area contributed by atoms with Crippen LogP contribution < -0.4 is 0 Å². The van der Waals surface area contributed by atoms with Crippen molar-refractivity contribution in [2.75, 3.05) is 0 Å². The van der Waals surface area contributed by atoms with E-state index in [2.05, 4.69) is 6.58 Å². The lowest BCUT2D eigenvalue weighted by molar-refractivity contribution is 0.157. The largest absolute Gasteiger partial charge is 0.392 e. The molecule has 50 valence electrons. The van der Waals surface area contributed by atoms with Gasteiger partial charge in [-0.15, -0.1) is 0 Å². The summed E-state index contributed by atoms with van der Waals surface area (Å²) in [5.74, 6) is 0.213. The summed E-state index contributed by atoms with van der Waals surface area (Å²) in [6, 6.07) is 0. The second-order valence-corrected chi connectivity index (χ2v) is 2.60. The summed E-state index contributed by atoms with van der Waals surface area (Å²) in [5, 5.41) is 9.24. The van der Waals surface area contributed by atoms with E-state index in [9.17, 15) is 5.11 Å². The summed E-state index contributed by atoms with van der Waals surface area (Å²) in [4.78, 5) is 0.